The molecule has 0 radical (unpaired) electrons. The molecule has 0 atom stereocenters. The lowest BCUT2D eigenvalue weighted by Gasteiger charge is -2.19. The van der Waals surface area contributed by atoms with E-state index in [4.69, 9.17) is 34.0 Å². The van der Waals surface area contributed by atoms with Crippen LogP contribution in [0.1, 0.15) is 6.92 Å². The second-order valence-electron chi connectivity index (χ2n) is 3.52. The Hall–Kier alpha value is -0.530. The fraction of sp³-hybridized carbons (Fsp3) is 0.400. The zero-order chi connectivity index (χ0) is 13.9. The molecule has 0 bridgehead atoms. The Morgan fingerprint density at radius 3 is 2.22 bits per heavy atom. The van der Waals surface area contributed by atoms with Gasteiger partial charge in [-0.3, -0.25) is 0 Å². The van der Waals surface area contributed by atoms with Crippen molar-refractivity contribution in [3.05, 3.63) is 22.2 Å². The lowest BCUT2D eigenvalue weighted by atomic mass is 10.3. The number of aliphatic hydroxyl groups excluding tert-OH is 1. The van der Waals surface area contributed by atoms with Crippen LogP contribution in [0, 0.1) is 0 Å². The van der Waals surface area contributed by atoms with Crippen LogP contribution in [-0.4, -0.2) is 37.5 Å². The molecule has 1 aromatic rings. The molecule has 5 nitrogen and oxygen atoms in total. The Labute approximate surface area is 116 Å². The molecular weight excluding hydrogens is 299 g/mol. The fourth-order valence-electron chi connectivity index (χ4n) is 1.42. The second kappa shape index (κ2) is 6.08. The summed E-state index contributed by atoms with van der Waals surface area (Å²) in [5.74, 6) is 0. The Balaban J connectivity index is 3.28. The fourth-order valence-corrected chi connectivity index (χ4v) is 3.53. The maximum atomic E-state index is 12.2. The Bertz CT molecular complexity index is 511. The molecule has 18 heavy (non-hydrogen) atoms. The topological polar surface area (TPSA) is 83.6 Å². The van der Waals surface area contributed by atoms with Crippen molar-refractivity contribution in [3.63, 3.8) is 0 Å². The van der Waals surface area contributed by atoms with Crippen LogP contribution in [0.25, 0.3) is 0 Å². The largest absolute Gasteiger partial charge is 0.396 e. The molecule has 0 spiro atoms. The first-order valence-corrected chi connectivity index (χ1v) is 7.39. The number of halogens is 2. The highest BCUT2D eigenvalue weighted by molar-refractivity contribution is 7.89. The standard InChI is InChI=1S/C10H14Cl2N2O3S/c1-2-14(3-4-15)18(16,17)7-5-8(11)10(13)9(12)6-7/h5-6,15H,2-4,13H2,1H3. The van der Waals surface area contributed by atoms with Gasteiger partial charge in [0, 0.05) is 13.1 Å². The van der Waals surface area contributed by atoms with Crippen molar-refractivity contribution >= 4 is 38.9 Å². The molecule has 3 N–H and O–H groups in total. The minimum absolute atomic E-state index is 0.0123. The zero-order valence-corrected chi connectivity index (χ0v) is 12.1. The van der Waals surface area contributed by atoms with Crippen LogP contribution in [0.4, 0.5) is 5.69 Å². The first kappa shape index (κ1) is 15.5. The van der Waals surface area contributed by atoms with Crippen molar-refractivity contribution in [2.24, 2.45) is 0 Å². The van der Waals surface area contributed by atoms with E-state index in [0.29, 0.717) is 0 Å². The van der Waals surface area contributed by atoms with Crippen LogP contribution in [-0.2, 0) is 10.0 Å². The van der Waals surface area contributed by atoms with Gasteiger partial charge in [-0.25, -0.2) is 8.42 Å². The van der Waals surface area contributed by atoms with Crippen LogP contribution >= 0.6 is 23.2 Å². The maximum absolute atomic E-state index is 12.2. The molecule has 0 saturated carbocycles. The minimum atomic E-state index is -3.73. The van der Waals surface area contributed by atoms with Gasteiger partial charge in [-0.05, 0) is 12.1 Å². The summed E-state index contributed by atoms with van der Waals surface area (Å²) in [7, 11) is -3.73. The van der Waals surface area contributed by atoms with E-state index in [2.05, 4.69) is 0 Å². The third-order valence-electron chi connectivity index (χ3n) is 2.39. The van der Waals surface area contributed by atoms with E-state index < -0.39 is 10.0 Å². The van der Waals surface area contributed by atoms with Gasteiger partial charge >= 0.3 is 0 Å². The van der Waals surface area contributed by atoms with Gasteiger partial charge in [0.15, 0.2) is 0 Å². The molecule has 0 aromatic heterocycles. The van der Waals surface area contributed by atoms with Crippen molar-refractivity contribution in [3.8, 4) is 0 Å². The number of nitrogens with zero attached hydrogens (tertiary/aromatic N) is 1. The summed E-state index contributed by atoms with van der Waals surface area (Å²) in [5.41, 5.74) is 5.69. The van der Waals surface area contributed by atoms with Crippen LogP contribution < -0.4 is 5.73 Å². The predicted molar refractivity (Wildman–Crippen MR) is 72.4 cm³/mol. The van der Waals surface area contributed by atoms with Crippen LogP contribution in [0.3, 0.4) is 0 Å². The summed E-state index contributed by atoms with van der Waals surface area (Å²) in [6, 6.07) is 2.50. The number of nitrogen functional groups attached to an aromatic ring is 1. The number of sulfonamides is 1. The molecule has 1 rings (SSSR count). The Morgan fingerprint density at radius 1 is 1.33 bits per heavy atom. The highest BCUT2D eigenvalue weighted by atomic mass is 35.5. The van der Waals surface area contributed by atoms with E-state index in [1.165, 1.54) is 12.1 Å². The van der Waals surface area contributed by atoms with Gasteiger partial charge < -0.3 is 10.8 Å². The Kier molecular flexibility index (Phi) is 5.24. The van der Waals surface area contributed by atoms with Crippen molar-refractivity contribution in [2.75, 3.05) is 25.4 Å². The van der Waals surface area contributed by atoms with E-state index in [-0.39, 0.29) is 40.3 Å². The molecule has 0 saturated heterocycles. The summed E-state index contributed by atoms with van der Waals surface area (Å²) in [5, 5.41) is 9.02. The summed E-state index contributed by atoms with van der Waals surface area (Å²) in [4.78, 5) is -0.0398. The highest BCUT2D eigenvalue weighted by Gasteiger charge is 2.24. The molecule has 0 fully saturated rings. The SMILES string of the molecule is CCN(CCO)S(=O)(=O)c1cc(Cl)c(N)c(Cl)c1. The van der Waals surface area contributed by atoms with Gasteiger partial charge in [0.2, 0.25) is 10.0 Å². The predicted octanol–water partition coefficient (Wildman–Crippen LogP) is 1.58. The third kappa shape index (κ3) is 3.07. The van der Waals surface area contributed by atoms with E-state index in [9.17, 15) is 8.42 Å². The van der Waals surface area contributed by atoms with Crippen molar-refractivity contribution in [1.29, 1.82) is 0 Å². The maximum Gasteiger partial charge on any atom is 0.243 e. The number of nitrogens with two attached hydrogens (primary N) is 1. The van der Waals surface area contributed by atoms with Crippen LogP contribution in [0.5, 0.6) is 0 Å². The molecule has 0 aliphatic heterocycles. The van der Waals surface area contributed by atoms with Gasteiger partial charge in [-0.1, -0.05) is 30.1 Å². The number of aliphatic hydroxyl groups is 1. The minimum Gasteiger partial charge on any atom is -0.396 e. The number of likely N-dealkylation sites (N-methyl/N-ethyl adjacent to an activating group) is 1. The quantitative estimate of drug-likeness (QED) is 0.808. The highest BCUT2D eigenvalue weighted by Crippen LogP contribution is 2.31. The molecule has 0 unspecified atom stereocenters. The molecule has 0 aliphatic carbocycles. The molecule has 102 valence electrons. The smallest absolute Gasteiger partial charge is 0.243 e. The van der Waals surface area contributed by atoms with E-state index in [0.717, 1.165) is 4.31 Å². The van der Waals surface area contributed by atoms with Gasteiger partial charge in [-0.15, -0.1) is 0 Å². The van der Waals surface area contributed by atoms with E-state index >= 15 is 0 Å². The molecule has 0 heterocycles. The number of rotatable bonds is 5. The van der Waals surface area contributed by atoms with Gasteiger partial charge in [0.1, 0.15) is 0 Å². The molecule has 1 aromatic carbocycles. The summed E-state index contributed by atoms with van der Waals surface area (Å²) < 4.78 is 25.6. The summed E-state index contributed by atoms with van der Waals surface area (Å²) >= 11 is 11.6. The summed E-state index contributed by atoms with van der Waals surface area (Å²) in [6.45, 7) is 1.66. The lowest BCUT2D eigenvalue weighted by molar-refractivity contribution is 0.257. The van der Waals surface area contributed by atoms with Crippen molar-refractivity contribution in [1.82, 2.24) is 4.31 Å². The molecule has 8 heteroatoms. The molecule has 0 amide bonds. The molecule has 0 aliphatic rings. The van der Waals surface area contributed by atoms with E-state index in [1.807, 2.05) is 0 Å². The molecular formula is C10H14Cl2N2O3S. The van der Waals surface area contributed by atoms with Gasteiger partial charge in [-0.2, -0.15) is 4.31 Å². The average Bonchev–Trinajstić information content (AvgIpc) is 2.31. The zero-order valence-electron chi connectivity index (χ0n) is 9.73. The first-order chi connectivity index (χ1) is 8.34. The van der Waals surface area contributed by atoms with Crippen molar-refractivity contribution in [2.45, 2.75) is 11.8 Å². The van der Waals surface area contributed by atoms with Crippen LogP contribution in [0.15, 0.2) is 17.0 Å². The number of hydrogen-bond acceptors (Lipinski definition) is 4. The first-order valence-electron chi connectivity index (χ1n) is 5.20. The van der Waals surface area contributed by atoms with Crippen LogP contribution in [0.2, 0.25) is 10.0 Å². The number of hydrogen-bond donors (Lipinski definition) is 2. The van der Waals surface area contributed by atoms with Gasteiger partial charge in [0.25, 0.3) is 0 Å². The number of anilines is 1. The van der Waals surface area contributed by atoms with Gasteiger partial charge in [0.05, 0.1) is 27.2 Å². The Morgan fingerprint density at radius 2 is 1.83 bits per heavy atom. The average molecular weight is 313 g/mol. The number of benzene rings is 1. The normalized spacial score (nSPS) is 12.1. The van der Waals surface area contributed by atoms with Crippen molar-refractivity contribution < 1.29 is 13.5 Å². The third-order valence-corrected chi connectivity index (χ3v) is 4.97. The lowest BCUT2D eigenvalue weighted by Crippen LogP contribution is -2.33. The monoisotopic (exact) mass is 312 g/mol. The van der Waals surface area contributed by atoms with E-state index in [1.54, 1.807) is 6.92 Å². The second-order valence-corrected chi connectivity index (χ2v) is 6.27. The summed E-state index contributed by atoms with van der Waals surface area (Å²) in [6.07, 6.45) is 0.